The van der Waals surface area contributed by atoms with Crippen molar-refractivity contribution in [3.05, 3.63) is 30.4 Å². The molecule has 4 rings (SSSR count). The van der Waals surface area contributed by atoms with Gasteiger partial charge in [0.15, 0.2) is 36.1 Å². The lowest BCUT2D eigenvalue weighted by atomic mass is 9.97. The summed E-state index contributed by atoms with van der Waals surface area (Å²) >= 11 is 0. The molecule has 202 valence electrons. The third kappa shape index (κ3) is 6.14. The van der Waals surface area contributed by atoms with E-state index >= 15 is 0 Å². The van der Waals surface area contributed by atoms with Crippen LogP contribution >= 0.6 is 0 Å². The Morgan fingerprint density at radius 1 is 1.03 bits per heavy atom. The maximum atomic E-state index is 12.9. The van der Waals surface area contributed by atoms with E-state index in [1.807, 2.05) is 6.08 Å². The fraction of sp³-hybridized carbons (Fsp3) is 0.560. The van der Waals surface area contributed by atoms with Gasteiger partial charge in [0.05, 0.1) is 18.4 Å². The molecular formula is C25H31NO11. The topological polar surface area (TPSA) is 148 Å². The SMILES string of the molecule is CO[C@H]1O[C@H](CO)[C@@H](OC(=O)Nc2ccc3c(c2)OCO3)[C@@H]2OC(=O)[C@H](C)CC=CC[C@@H](C)C(=O)O[C@H]12. The van der Waals surface area contributed by atoms with Crippen molar-refractivity contribution < 1.29 is 52.6 Å². The van der Waals surface area contributed by atoms with Crippen LogP contribution < -0.4 is 14.8 Å². The van der Waals surface area contributed by atoms with Gasteiger partial charge in [-0.05, 0) is 25.0 Å². The van der Waals surface area contributed by atoms with Crippen LogP contribution in [0.3, 0.4) is 0 Å². The highest BCUT2D eigenvalue weighted by molar-refractivity contribution is 5.85. The first-order valence-electron chi connectivity index (χ1n) is 12.0. The molecule has 1 amide bonds. The molecule has 12 heteroatoms. The number of hydrogen-bond donors (Lipinski definition) is 2. The lowest BCUT2D eigenvalue weighted by molar-refractivity contribution is -0.300. The van der Waals surface area contributed by atoms with Gasteiger partial charge >= 0.3 is 18.0 Å². The molecule has 0 unspecified atom stereocenters. The second-order valence-electron chi connectivity index (χ2n) is 9.07. The van der Waals surface area contributed by atoms with Crippen LogP contribution in [0.5, 0.6) is 11.5 Å². The van der Waals surface area contributed by atoms with E-state index in [1.54, 1.807) is 38.1 Å². The van der Waals surface area contributed by atoms with Crippen molar-refractivity contribution in [1.82, 2.24) is 0 Å². The van der Waals surface area contributed by atoms with E-state index in [2.05, 4.69) is 5.32 Å². The summed E-state index contributed by atoms with van der Waals surface area (Å²) in [7, 11) is 1.32. The molecule has 37 heavy (non-hydrogen) atoms. The zero-order chi connectivity index (χ0) is 26.5. The Labute approximate surface area is 213 Å². The van der Waals surface area contributed by atoms with E-state index in [0.717, 1.165) is 0 Å². The third-order valence-corrected chi connectivity index (χ3v) is 6.32. The van der Waals surface area contributed by atoms with Gasteiger partial charge in [0.2, 0.25) is 6.79 Å². The molecular weight excluding hydrogens is 490 g/mol. The number of carbonyl (C=O) groups is 3. The molecule has 0 bridgehead atoms. The van der Waals surface area contributed by atoms with Crippen LogP contribution in [-0.2, 0) is 33.3 Å². The molecule has 0 aliphatic carbocycles. The predicted molar refractivity (Wildman–Crippen MR) is 126 cm³/mol. The number of ether oxygens (including phenoxy) is 7. The lowest BCUT2D eigenvalue weighted by Gasteiger charge is -2.44. The van der Waals surface area contributed by atoms with Crippen molar-refractivity contribution in [1.29, 1.82) is 0 Å². The van der Waals surface area contributed by atoms with Crippen molar-refractivity contribution >= 4 is 23.7 Å². The minimum atomic E-state index is -1.33. The number of nitrogens with one attached hydrogen (secondary N) is 1. The Morgan fingerprint density at radius 3 is 2.32 bits per heavy atom. The van der Waals surface area contributed by atoms with E-state index in [4.69, 9.17) is 33.2 Å². The molecule has 1 saturated heterocycles. The van der Waals surface area contributed by atoms with Crippen LogP contribution in [0.15, 0.2) is 30.4 Å². The summed E-state index contributed by atoms with van der Waals surface area (Å²) in [6.45, 7) is 2.88. The average Bonchev–Trinajstić information content (AvgIpc) is 3.35. The van der Waals surface area contributed by atoms with Gasteiger partial charge in [0.25, 0.3) is 0 Å². The zero-order valence-electron chi connectivity index (χ0n) is 20.8. The smallest absolute Gasteiger partial charge is 0.412 e. The Balaban J connectivity index is 1.60. The lowest BCUT2D eigenvalue weighted by Crippen LogP contribution is -2.63. The first kappa shape index (κ1) is 26.7. The molecule has 0 aromatic heterocycles. The average molecular weight is 522 g/mol. The molecule has 1 aromatic carbocycles. The molecule has 12 nitrogen and oxygen atoms in total. The van der Waals surface area contributed by atoms with Crippen LogP contribution in [-0.4, -0.2) is 74.4 Å². The Kier molecular flexibility index (Phi) is 8.52. The highest BCUT2D eigenvalue weighted by Crippen LogP contribution is 2.35. The number of benzene rings is 1. The normalized spacial score (nSPS) is 31.7. The number of amides is 1. The van der Waals surface area contributed by atoms with Crippen molar-refractivity contribution in [2.75, 3.05) is 25.8 Å². The number of aliphatic hydroxyl groups is 1. The summed E-state index contributed by atoms with van der Waals surface area (Å²) in [4.78, 5) is 38.6. The van der Waals surface area contributed by atoms with Gasteiger partial charge in [-0.25, -0.2) is 4.79 Å². The van der Waals surface area contributed by atoms with Crippen LogP contribution in [0.2, 0.25) is 0 Å². The minimum Gasteiger partial charge on any atom is -0.454 e. The summed E-state index contributed by atoms with van der Waals surface area (Å²) in [6.07, 6.45) is -2.72. The van der Waals surface area contributed by atoms with Gasteiger partial charge in [-0.3, -0.25) is 14.9 Å². The summed E-state index contributed by atoms with van der Waals surface area (Å²) in [5, 5.41) is 12.6. The molecule has 0 saturated carbocycles. The monoisotopic (exact) mass is 521 g/mol. The number of methoxy groups -OCH3 is 1. The second-order valence-corrected chi connectivity index (χ2v) is 9.07. The highest BCUT2D eigenvalue weighted by atomic mass is 16.7. The summed E-state index contributed by atoms with van der Waals surface area (Å²) in [5.74, 6) is -1.20. The largest absolute Gasteiger partial charge is 0.454 e. The number of fused-ring (bicyclic) bond motifs is 2. The zero-order valence-corrected chi connectivity index (χ0v) is 20.8. The molecule has 1 aromatic rings. The Morgan fingerprint density at radius 2 is 1.68 bits per heavy atom. The second kappa shape index (κ2) is 11.8. The Hall–Kier alpha value is -3.35. The van der Waals surface area contributed by atoms with Gasteiger partial charge in [0.1, 0.15) is 6.10 Å². The van der Waals surface area contributed by atoms with Crippen molar-refractivity contribution in [2.45, 2.75) is 57.4 Å². The molecule has 3 aliphatic heterocycles. The van der Waals surface area contributed by atoms with E-state index < -0.39 is 67.2 Å². The van der Waals surface area contributed by atoms with E-state index in [-0.39, 0.29) is 6.79 Å². The summed E-state index contributed by atoms with van der Waals surface area (Å²) < 4.78 is 38.7. The van der Waals surface area contributed by atoms with Crippen LogP contribution in [0.25, 0.3) is 0 Å². The molecule has 1 fully saturated rings. The first-order valence-corrected chi connectivity index (χ1v) is 12.0. The van der Waals surface area contributed by atoms with Gasteiger partial charge < -0.3 is 38.3 Å². The number of esters is 2. The van der Waals surface area contributed by atoms with Crippen LogP contribution in [0.1, 0.15) is 26.7 Å². The van der Waals surface area contributed by atoms with E-state index in [0.29, 0.717) is 30.0 Å². The molecule has 7 atom stereocenters. The number of carbonyl (C=O) groups excluding carboxylic acids is 3. The van der Waals surface area contributed by atoms with Crippen LogP contribution in [0, 0.1) is 11.8 Å². The number of anilines is 1. The molecule has 0 spiro atoms. The minimum absolute atomic E-state index is 0.0709. The van der Waals surface area contributed by atoms with Crippen molar-refractivity contribution in [3.8, 4) is 11.5 Å². The van der Waals surface area contributed by atoms with Gasteiger partial charge in [-0.2, -0.15) is 0 Å². The standard InChI is InChI=1S/C25H31NO11/c1-13-6-4-5-7-14(2)23(29)36-21-20(35-22(13)28)19(18(11-27)34-24(21)31-3)37-25(30)26-15-8-9-16-17(10-15)33-12-32-16/h4-5,8-10,13-14,18-21,24,27H,6-7,11-12H2,1-3H3,(H,26,30)/t13-,14-,18-,19-,20+,21+,24+/m1/s1. The fourth-order valence-electron chi connectivity index (χ4n) is 4.16. The molecule has 0 radical (unpaired) electrons. The van der Waals surface area contributed by atoms with E-state index in [9.17, 15) is 19.5 Å². The predicted octanol–water partition coefficient (Wildman–Crippen LogP) is 2.14. The van der Waals surface area contributed by atoms with Gasteiger partial charge in [-0.15, -0.1) is 0 Å². The highest BCUT2D eigenvalue weighted by Gasteiger charge is 2.53. The number of rotatable bonds is 4. The molecule has 3 heterocycles. The van der Waals surface area contributed by atoms with E-state index in [1.165, 1.54) is 7.11 Å². The third-order valence-electron chi connectivity index (χ3n) is 6.32. The van der Waals surface area contributed by atoms with Gasteiger partial charge in [0, 0.05) is 18.9 Å². The maximum absolute atomic E-state index is 12.9. The Bertz CT molecular complexity index is 1030. The first-order chi connectivity index (χ1) is 17.8. The number of allylic oxidation sites excluding steroid dienone is 2. The maximum Gasteiger partial charge on any atom is 0.412 e. The van der Waals surface area contributed by atoms with Crippen LogP contribution in [0.4, 0.5) is 10.5 Å². The molecule has 2 N–H and O–H groups in total. The van der Waals surface area contributed by atoms with Crippen molar-refractivity contribution in [3.63, 3.8) is 0 Å². The quantitative estimate of drug-likeness (QED) is 0.341. The summed E-state index contributed by atoms with van der Waals surface area (Å²) in [5.41, 5.74) is 0.356. The van der Waals surface area contributed by atoms with Crippen molar-refractivity contribution in [2.24, 2.45) is 11.8 Å². The fourth-order valence-corrected chi connectivity index (χ4v) is 4.16. The number of aliphatic hydroxyl groups excluding tert-OH is 1. The van der Waals surface area contributed by atoms with Gasteiger partial charge in [-0.1, -0.05) is 26.0 Å². The summed E-state index contributed by atoms with van der Waals surface area (Å²) in [6, 6.07) is 4.78. The number of hydrogen-bond acceptors (Lipinski definition) is 11. The molecule has 3 aliphatic rings.